The van der Waals surface area contributed by atoms with Crippen molar-refractivity contribution in [3.63, 3.8) is 0 Å². The lowest BCUT2D eigenvalue weighted by Crippen LogP contribution is -2.33. The Balaban J connectivity index is 2.50. The Bertz CT molecular complexity index is 165. The van der Waals surface area contributed by atoms with Crippen LogP contribution in [0.1, 0.15) is 26.2 Å². The van der Waals surface area contributed by atoms with Crippen molar-refractivity contribution < 1.29 is 5.11 Å². The summed E-state index contributed by atoms with van der Waals surface area (Å²) in [5.74, 6) is 3.67. The van der Waals surface area contributed by atoms with Crippen molar-refractivity contribution in [3.8, 4) is 12.3 Å². The molecule has 0 radical (unpaired) electrons. The average Bonchev–Trinajstić information content (AvgIpc) is 2.38. The standard InChI is InChI=1S/C9H14OS/c1-3-5-8(10)9(2)6-4-7-11-9/h1,8,10H,4-7H2,2H3. The molecule has 1 N–H and O–H groups in total. The minimum Gasteiger partial charge on any atom is -0.391 e. The molecule has 0 aliphatic carbocycles. The summed E-state index contributed by atoms with van der Waals surface area (Å²) >= 11 is 1.85. The molecule has 2 heteroatoms. The van der Waals surface area contributed by atoms with Gasteiger partial charge in [-0.2, -0.15) is 11.8 Å². The lowest BCUT2D eigenvalue weighted by molar-refractivity contribution is 0.138. The summed E-state index contributed by atoms with van der Waals surface area (Å²) in [4.78, 5) is 0. The summed E-state index contributed by atoms with van der Waals surface area (Å²) in [5, 5.41) is 9.64. The Morgan fingerprint density at radius 2 is 2.55 bits per heavy atom. The zero-order valence-electron chi connectivity index (χ0n) is 6.84. The molecule has 1 heterocycles. The van der Waals surface area contributed by atoms with Crippen LogP contribution in [-0.2, 0) is 0 Å². The average molecular weight is 170 g/mol. The molecule has 2 unspecified atom stereocenters. The summed E-state index contributed by atoms with van der Waals surface area (Å²) in [6.45, 7) is 2.10. The molecule has 0 spiro atoms. The van der Waals surface area contributed by atoms with Crippen LogP contribution in [-0.4, -0.2) is 21.7 Å². The van der Waals surface area contributed by atoms with Crippen molar-refractivity contribution in [1.29, 1.82) is 0 Å². The number of aliphatic hydroxyl groups is 1. The molecule has 1 fully saturated rings. The van der Waals surface area contributed by atoms with Gasteiger partial charge in [-0.3, -0.25) is 0 Å². The van der Waals surface area contributed by atoms with E-state index in [4.69, 9.17) is 6.42 Å². The van der Waals surface area contributed by atoms with Crippen LogP contribution in [0.2, 0.25) is 0 Å². The van der Waals surface area contributed by atoms with Crippen molar-refractivity contribution in [2.75, 3.05) is 5.75 Å². The first kappa shape index (κ1) is 8.96. The molecule has 1 nitrogen and oxygen atoms in total. The fourth-order valence-corrected chi connectivity index (χ4v) is 2.71. The molecular formula is C9H14OS. The van der Waals surface area contributed by atoms with E-state index in [1.807, 2.05) is 11.8 Å². The zero-order valence-corrected chi connectivity index (χ0v) is 7.66. The van der Waals surface area contributed by atoms with Gasteiger partial charge in [0, 0.05) is 11.2 Å². The number of aliphatic hydroxyl groups excluding tert-OH is 1. The Hall–Kier alpha value is -0.130. The molecule has 62 valence electrons. The predicted molar refractivity (Wildman–Crippen MR) is 49.6 cm³/mol. The molecule has 11 heavy (non-hydrogen) atoms. The van der Waals surface area contributed by atoms with Crippen LogP contribution < -0.4 is 0 Å². The summed E-state index contributed by atoms with van der Waals surface area (Å²) in [6.07, 6.45) is 7.62. The Labute approximate surface area is 72.6 Å². The van der Waals surface area contributed by atoms with Gasteiger partial charge in [0.15, 0.2) is 0 Å². The summed E-state index contributed by atoms with van der Waals surface area (Å²) in [6, 6.07) is 0. The SMILES string of the molecule is C#CCC(O)C1(C)CCCS1. The number of thioether (sulfide) groups is 1. The maximum absolute atomic E-state index is 9.64. The summed E-state index contributed by atoms with van der Waals surface area (Å²) < 4.78 is 0.0341. The molecule has 0 aromatic heterocycles. The Kier molecular flexibility index (Phi) is 2.86. The molecule has 1 aliphatic rings. The van der Waals surface area contributed by atoms with E-state index in [-0.39, 0.29) is 10.9 Å². The molecule has 1 aliphatic heterocycles. The highest BCUT2D eigenvalue weighted by Crippen LogP contribution is 2.41. The van der Waals surface area contributed by atoms with Gasteiger partial charge >= 0.3 is 0 Å². The van der Waals surface area contributed by atoms with Crippen LogP contribution in [0.4, 0.5) is 0 Å². The largest absolute Gasteiger partial charge is 0.391 e. The highest BCUT2D eigenvalue weighted by molar-refractivity contribution is 8.00. The quantitative estimate of drug-likeness (QED) is 0.636. The topological polar surface area (TPSA) is 20.2 Å². The molecule has 1 saturated heterocycles. The lowest BCUT2D eigenvalue weighted by atomic mass is 9.97. The van der Waals surface area contributed by atoms with E-state index < -0.39 is 0 Å². The van der Waals surface area contributed by atoms with Gasteiger partial charge in [-0.1, -0.05) is 0 Å². The first-order valence-electron chi connectivity index (χ1n) is 3.94. The molecule has 0 saturated carbocycles. The number of hydrogen-bond donors (Lipinski definition) is 1. The summed E-state index contributed by atoms with van der Waals surface area (Å²) in [7, 11) is 0. The van der Waals surface area contributed by atoms with Crippen molar-refractivity contribution in [2.45, 2.75) is 37.0 Å². The number of terminal acetylenes is 1. The normalized spacial score (nSPS) is 33.2. The monoisotopic (exact) mass is 170 g/mol. The van der Waals surface area contributed by atoms with E-state index in [9.17, 15) is 5.11 Å². The van der Waals surface area contributed by atoms with Crippen LogP contribution in [0.5, 0.6) is 0 Å². The van der Waals surface area contributed by atoms with Gasteiger partial charge in [-0.05, 0) is 25.5 Å². The maximum Gasteiger partial charge on any atom is 0.0793 e. The predicted octanol–water partition coefficient (Wildman–Crippen LogP) is 1.66. The fraction of sp³-hybridized carbons (Fsp3) is 0.778. The molecule has 0 aromatic carbocycles. The molecule has 2 atom stereocenters. The van der Waals surface area contributed by atoms with Crippen LogP contribution in [0, 0.1) is 12.3 Å². The summed E-state index contributed by atoms with van der Waals surface area (Å²) in [5.41, 5.74) is 0. The minimum atomic E-state index is -0.319. The third-order valence-corrected chi connectivity index (χ3v) is 3.89. The van der Waals surface area contributed by atoms with E-state index in [1.165, 1.54) is 6.42 Å². The molecule has 0 aromatic rings. The first-order chi connectivity index (χ1) is 5.19. The Morgan fingerprint density at radius 1 is 1.82 bits per heavy atom. The fourth-order valence-electron chi connectivity index (χ4n) is 1.39. The van der Waals surface area contributed by atoms with Crippen molar-refractivity contribution in [2.24, 2.45) is 0 Å². The van der Waals surface area contributed by atoms with Gasteiger partial charge in [-0.25, -0.2) is 0 Å². The lowest BCUT2D eigenvalue weighted by Gasteiger charge is -2.27. The second kappa shape index (κ2) is 3.51. The van der Waals surface area contributed by atoms with Crippen molar-refractivity contribution in [1.82, 2.24) is 0 Å². The van der Waals surface area contributed by atoms with Gasteiger partial charge in [0.05, 0.1) is 6.10 Å². The van der Waals surface area contributed by atoms with Crippen LogP contribution in [0.3, 0.4) is 0 Å². The van der Waals surface area contributed by atoms with E-state index >= 15 is 0 Å². The van der Waals surface area contributed by atoms with E-state index in [2.05, 4.69) is 12.8 Å². The van der Waals surface area contributed by atoms with Crippen LogP contribution in [0.15, 0.2) is 0 Å². The zero-order chi connectivity index (χ0) is 8.32. The van der Waals surface area contributed by atoms with Gasteiger partial charge in [0.25, 0.3) is 0 Å². The van der Waals surface area contributed by atoms with Crippen molar-refractivity contribution >= 4 is 11.8 Å². The Morgan fingerprint density at radius 3 is 3.00 bits per heavy atom. The van der Waals surface area contributed by atoms with E-state index in [1.54, 1.807) is 0 Å². The third-order valence-electron chi connectivity index (χ3n) is 2.27. The molecule has 1 rings (SSSR count). The second-order valence-electron chi connectivity index (χ2n) is 3.19. The molecule has 0 bridgehead atoms. The van der Waals surface area contributed by atoms with Gasteiger partial charge in [0.2, 0.25) is 0 Å². The molecular weight excluding hydrogens is 156 g/mol. The van der Waals surface area contributed by atoms with Crippen molar-refractivity contribution in [3.05, 3.63) is 0 Å². The highest BCUT2D eigenvalue weighted by atomic mass is 32.2. The van der Waals surface area contributed by atoms with E-state index in [0.717, 1.165) is 12.2 Å². The number of rotatable bonds is 2. The van der Waals surface area contributed by atoms with Gasteiger partial charge in [0.1, 0.15) is 0 Å². The van der Waals surface area contributed by atoms with Crippen LogP contribution in [0.25, 0.3) is 0 Å². The third kappa shape index (κ3) is 1.91. The number of hydrogen-bond acceptors (Lipinski definition) is 2. The van der Waals surface area contributed by atoms with Gasteiger partial charge < -0.3 is 5.11 Å². The first-order valence-corrected chi connectivity index (χ1v) is 4.93. The maximum atomic E-state index is 9.64. The molecule has 0 amide bonds. The smallest absolute Gasteiger partial charge is 0.0793 e. The highest BCUT2D eigenvalue weighted by Gasteiger charge is 2.36. The van der Waals surface area contributed by atoms with Gasteiger partial charge in [-0.15, -0.1) is 12.3 Å². The van der Waals surface area contributed by atoms with Crippen LogP contribution >= 0.6 is 11.8 Å². The minimum absolute atomic E-state index is 0.0341. The van der Waals surface area contributed by atoms with E-state index in [0.29, 0.717) is 6.42 Å². The second-order valence-corrected chi connectivity index (χ2v) is 4.82.